The van der Waals surface area contributed by atoms with Crippen molar-refractivity contribution < 1.29 is 13.5 Å². The Morgan fingerprint density at radius 1 is 1.13 bits per heavy atom. The molecule has 0 spiro atoms. The molecule has 1 atom stereocenters. The summed E-state index contributed by atoms with van der Waals surface area (Å²) in [6.45, 7) is 3.62. The highest BCUT2D eigenvalue weighted by Crippen LogP contribution is 2.29. The van der Waals surface area contributed by atoms with E-state index in [0.29, 0.717) is 23.9 Å². The molecule has 0 aliphatic carbocycles. The second kappa shape index (κ2) is 11.8. The van der Waals surface area contributed by atoms with E-state index >= 15 is 0 Å². The Hall–Kier alpha value is -1.69. The molecule has 0 amide bonds. The van der Waals surface area contributed by atoms with Gasteiger partial charge in [-0.1, -0.05) is 30.3 Å². The second-order valence-corrected chi connectivity index (χ2v) is 10.1. The summed E-state index contributed by atoms with van der Waals surface area (Å²) in [7, 11) is -3.18. The van der Waals surface area contributed by atoms with Crippen molar-refractivity contribution in [3.63, 3.8) is 0 Å². The summed E-state index contributed by atoms with van der Waals surface area (Å²) in [5, 5.41) is 18.1. The predicted octanol–water partition coefficient (Wildman–Crippen LogP) is 3.75. The van der Waals surface area contributed by atoms with Gasteiger partial charge in [0.2, 0.25) is 0 Å². The zero-order valence-electron chi connectivity index (χ0n) is 17.5. The Morgan fingerprint density at radius 3 is 2.48 bits per heavy atom. The number of hydrogen-bond donors (Lipinski definition) is 3. The minimum atomic E-state index is -3.18. The molecule has 0 bridgehead atoms. The van der Waals surface area contributed by atoms with Gasteiger partial charge in [-0.15, -0.1) is 35.3 Å². The molecule has 1 unspecified atom stereocenters. The van der Waals surface area contributed by atoms with Gasteiger partial charge in [-0.3, -0.25) is 4.99 Å². The van der Waals surface area contributed by atoms with Crippen LogP contribution in [0.15, 0.2) is 64.5 Å². The highest BCUT2D eigenvalue weighted by Gasteiger charge is 2.11. The summed E-state index contributed by atoms with van der Waals surface area (Å²) >= 11 is 1.59. The van der Waals surface area contributed by atoms with Crippen LogP contribution in [0.4, 0.5) is 0 Å². The number of fused-ring (bicyclic) bond motifs is 1. The summed E-state index contributed by atoms with van der Waals surface area (Å²) in [6, 6.07) is 17.0. The molecular formula is C22H28IN3O3S2. The zero-order chi connectivity index (χ0) is 21.6. The van der Waals surface area contributed by atoms with Crippen molar-refractivity contribution in [3.8, 4) is 0 Å². The van der Waals surface area contributed by atoms with Gasteiger partial charge in [-0.2, -0.15) is 0 Å². The van der Waals surface area contributed by atoms with Crippen LogP contribution in [0.2, 0.25) is 0 Å². The number of aliphatic imine (C=N–C) groups is 1. The van der Waals surface area contributed by atoms with Crippen molar-refractivity contribution in [2.75, 3.05) is 25.9 Å². The number of hydrogen-bond acceptors (Lipinski definition) is 5. The van der Waals surface area contributed by atoms with Gasteiger partial charge in [0.15, 0.2) is 15.8 Å². The summed E-state index contributed by atoms with van der Waals surface area (Å²) in [5.74, 6) is 0.644. The number of aliphatic hydroxyl groups is 1. The topological polar surface area (TPSA) is 90.8 Å². The summed E-state index contributed by atoms with van der Waals surface area (Å²) in [5.41, 5.74) is 1.04. The minimum Gasteiger partial charge on any atom is -0.386 e. The molecule has 0 aliphatic rings. The van der Waals surface area contributed by atoms with Crippen LogP contribution in [0.25, 0.3) is 10.1 Å². The third-order valence-electron chi connectivity index (χ3n) is 4.60. The average molecular weight is 574 g/mol. The molecule has 0 saturated carbocycles. The first-order valence-electron chi connectivity index (χ1n) is 9.84. The third-order valence-corrected chi connectivity index (χ3v) is 6.94. The largest absolute Gasteiger partial charge is 0.386 e. The summed E-state index contributed by atoms with van der Waals surface area (Å²) in [4.78, 5) is 5.74. The molecule has 6 nitrogen and oxygen atoms in total. The van der Waals surface area contributed by atoms with E-state index in [9.17, 15) is 13.5 Å². The quantitative estimate of drug-likeness (QED) is 0.217. The van der Waals surface area contributed by atoms with E-state index in [2.05, 4.69) is 15.6 Å². The van der Waals surface area contributed by atoms with Crippen LogP contribution < -0.4 is 10.6 Å². The summed E-state index contributed by atoms with van der Waals surface area (Å²) in [6.07, 6.45) is 1.28. The van der Waals surface area contributed by atoms with E-state index in [0.717, 1.165) is 26.9 Å². The Kier molecular flexibility index (Phi) is 9.73. The fraction of sp³-hybridized carbons (Fsp3) is 0.318. The molecule has 168 valence electrons. The smallest absolute Gasteiger partial charge is 0.191 e. The number of nitrogens with one attached hydrogen (secondary N) is 2. The van der Waals surface area contributed by atoms with E-state index < -0.39 is 15.9 Å². The summed E-state index contributed by atoms with van der Waals surface area (Å²) < 4.78 is 24.2. The van der Waals surface area contributed by atoms with Crippen LogP contribution in [0, 0.1) is 0 Å². The van der Waals surface area contributed by atoms with Crippen LogP contribution in [-0.4, -0.2) is 45.4 Å². The molecule has 3 aromatic rings. The maximum atomic E-state index is 11.5. The van der Waals surface area contributed by atoms with E-state index in [1.54, 1.807) is 23.5 Å². The molecule has 1 aromatic heterocycles. The van der Waals surface area contributed by atoms with Gasteiger partial charge in [-0.25, -0.2) is 8.42 Å². The SMILES string of the molecule is CCNC(=NCC(O)c1cc2ccccc2s1)NCCc1ccc(S(C)(=O)=O)cc1.I. The third kappa shape index (κ3) is 7.44. The molecule has 0 aliphatic heterocycles. The van der Waals surface area contributed by atoms with Gasteiger partial charge in [0.05, 0.1) is 11.4 Å². The van der Waals surface area contributed by atoms with Crippen molar-refractivity contribution in [2.45, 2.75) is 24.3 Å². The van der Waals surface area contributed by atoms with Gasteiger partial charge in [-0.05, 0) is 48.6 Å². The van der Waals surface area contributed by atoms with Crippen LogP contribution >= 0.6 is 35.3 Å². The molecule has 3 rings (SSSR count). The molecule has 2 aromatic carbocycles. The molecule has 9 heteroatoms. The first-order valence-corrected chi connectivity index (χ1v) is 12.6. The van der Waals surface area contributed by atoms with Crippen molar-refractivity contribution in [2.24, 2.45) is 4.99 Å². The normalized spacial score (nSPS) is 12.9. The lowest BCUT2D eigenvalue weighted by molar-refractivity contribution is 0.191. The number of thiophene rings is 1. The number of aliphatic hydroxyl groups excluding tert-OH is 1. The number of rotatable bonds is 8. The van der Waals surface area contributed by atoms with Gasteiger partial charge in [0.1, 0.15) is 6.10 Å². The molecule has 0 radical (unpaired) electrons. The lowest BCUT2D eigenvalue weighted by Crippen LogP contribution is -2.38. The Balaban J connectivity index is 0.00000341. The average Bonchev–Trinajstić information content (AvgIpc) is 3.16. The monoisotopic (exact) mass is 573 g/mol. The molecule has 3 N–H and O–H groups in total. The maximum absolute atomic E-state index is 11.5. The van der Waals surface area contributed by atoms with Gasteiger partial charge in [0, 0.05) is 28.9 Å². The van der Waals surface area contributed by atoms with Crippen molar-refractivity contribution >= 4 is 61.2 Å². The fourth-order valence-corrected chi connectivity index (χ4v) is 4.68. The van der Waals surface area contributed by atoms with E-state index in [-0.39, 0.29) is 30.5 Å². The number of benzene rings is 2. The predicted molar refractivity (Wildman–Crippen MR) is 139 cm³/mol. The number of halogens is 1. The minimum absolute atomic E-state index is 0. The van der Waals surface area contributed by atoms with Gasteiger partial charge >= 0.3 is 0 Å². The van der Waals surface area contributed by atoms with Crippen molar-refractivity contribution in [3.05, 3.63) is 65.0 Å². The van der Waals surface area contributed by atoms with Crippen LogP contribution in [0.1, 0.15) is 23.5 Å². The number of nitrogens with zero attached hydrogens (tertiary/aromatic N) is 1. The fourth-order valence-electron chi connectivity index (χ4n) is 3.00. The molecule has 0 fully saturated rings. The number of guanidine groups is 1. The van der Waals surface area contributed by atoms with Crippen molar-refractivity contribution in [1.82, 2.24) is 10.6 Å². The van der Waals surface area contributed by atoms with E-state index in [1.165, 1.54) is 6.26 Å². The van der Waals surface area contributed by atoms with Crippen LogP contribution in [0.5, 0.6) is 0 Å². The van der Waals surface area contributed by atoms with Crippen LogP contribution in [-0.2, 0) is 16.3 Å². The first kappa shape index (κ1) is 25.6. The van der Waals surface area contributed by atoms with Crippen LogP contribution in [0.3, 0.4) is 0 Å². The Labute approximate surface area is 204 Å². The standard InChI is InChI=1S/C22H27N3O3S2.HI/c1-3-23-22(24-13-12-16-8-10-18(11-9-16)30(2,27)28)25-15-19(26)21-14-17-6-4-5-7-20(17)29-21;/h4-11,14,19,26H,3,12-13,15H2,1-2H3,(H2,23,24,25);1H. The molecular weight excluding hydrogens is 545 g/mol. The Bertz CT molecular complexity index is 1080. The zero-order valence-corrected chi connectivity index (χ0v) is 21.5. The van der Waals surface area contributed by atoms with E-state index in [1.807, 2.05) is 49.4 Å². The lowest BCUT2D eigenvalue weighted by atomic mass is 10.1. The molecule has 1 heterocycles. The molecule has 0 saturated heterocycles. The van der Waals surface area contributed by atoms with Gasteiger partial charge < -0.3 is 15.7 Å². The first-order chi connectivity index (χ1) is 14.4. The Morgan fingerprint density at radius 2 is 1.84 bits per heavy atom. The molecule has 31 heavy (non-hydrogen) atoms. The highest BCUT2D eigenvalue weighted by molar-refractivity contribution is 14.0. The number of sulfone groups is 1. The second-order valence-electron chi connectivity index (χ2n) is 7.01. The van der Waals surface area contributed by atoms with Gasteiger partial charge in [0.25, 0.3) is 0 Å². The maximum Gasteiger partial charge on any atom is 0.191 e. The highest BCUT2D eigenvalue weighted by atomic mass is 127. The van der Waals surface area contributed by atoms with Crippen molar-refractivity contribution in [1.29, 1.82) is 0 Å². The lowest BCUT2D eigenvalue weighted by Gasteiger charge is -2.13. The van der Waals surface area contributed by atoms with E-state index in [4.69, 9.17) is 0 Å².